The van der Waals surface area contributed by atoms with Gasteiger partial charge in [0.05, 0.1) is 6.10 Å². The quantitative estimate of drug-likeness (QED) is 0.617. The first-order valence-corrected chi connectivity index (χ1v) is 4.86. The van der Waals surface area contributed by atoms with Crippen LogP contribution in [0, 0.1) is 5.92 Å². The van der Waals surface area contributed by atoms with Crippen molar-refractivity contribution in [1.29, 1.82) is 0 Å². The van der Waals surface area contributed by atoms with Gasteiger partial charge in [0.1, 0.15) is 0 Å². The number of hydrogen-bond acceptors (Lipinski definition) is 2. The molecule has 1 saturated heterocycles. The molecule has 58 valence electrons. The number of thioether (sulfide) groups is 1. The molecule has 0 amide bonds. The lowest BCUT2D eigenvalue weighted by molar-refractivity contribution is 0.114. The van der Waals surface area contributed by atoms with Crippen molar-refractivity contribution in [2.45, 2.75) is 18.9 Å². The summed E-state index contributed by atoms with van der Waals surface area (Å²) in [5.74, 6) is 2.69. The van der Waals surface area contributed by atoms with Gasteiger partial charge in [-0.2, -0.15) is 11.8 Å². The van der Waals surface area contributed by atoms with Crippen LogP contribution in [0.3, 0.4) is 0 Å². The molecule has 2 atom stereocenters. The molecule has 0 aromatic rings. The summed E-state index contributed by atoms with van der Waals surface area (Å²) in [7, 11) is 0. The number of allylic oxidation sites excluding steroid dienone is 1. The number of rotatable bonds is 2. The predicted molar refractivity (Wildman–Crippen MR) is 46.3 cm³/mol. The Morgan fingerprint density at radius 2 is 2.50 bits per heavy atom. The highest BCUT2D eigenvalue weighted by Gasteiger charge is 2.21. The van der Waals surface area contributed by atoms with E-state index < -0.39 is 0 Å². The average molecular weight is 158 g/mol. The van der Waals surface area contributed by atoms with Gasteiger partial charge in [0.25, 0.3) is 0 Å². The molecule has 10 heavy (non-hydrogen) atoms. The third-order valence-corrected chi connectivity index (χ3v) is 3.09. The maximum absolute atomic E-state index is 9.44. The van der Waals surface area contributed by atoms with Gasteiger partial charge >= 0.3 is 0 Å². The Kier molecular flexibility index (Phi) is 3.29. The SMILES string of the molecule is C=CCC1CSCCC1O. The van der Waals surface area contributed by atoms with E-state index in [1.54, 1.807) is 0 Å². The lowest BCUT2D eigenvalue weighted by Crippen LogP contribution is -2.26. The molecule has 0 aromatic heterocycles. The minimum Gasteiger partial charge on any atom is -0.393 e. The molecule has 1 rings (SSSR count). The van der Waals surface area contributed by atoms with Crippen molar-refractivity contribution in [3.8, 4) is 0 Å². The van der Waals surface area contributed by atoms with Crippen LogP contribution in [0.2, 0.25) is 0 Å². The van der Waals surface area contributed by atoms with Crippen molar-refractivity contribution in [3.05, 3.63) is 12.7 Å². The number of aliphatic hydroxyl groups excluding tert-OH is 1. The Bertz CT molecular complexity index is 114. The Labute approximate surface area is 66.5 Å². The van der Waals surface area contributed by atoms with Crippen molar-refractivity contribution in [3.63, 3.8) is 0 Å². The molecule has 0 saturated carbocycles. The molecule has 0 aromatic carbocycles. The van der Waals surface area contributed by atoms with Crippen molar-refractivity contribution in [2.24, 2.45) is 5.92 Å². The summed E-state index contributed by atoms with van der Waals surface area (Å²) >= 11 is 1.94. The third-order valence-electron chi connectivity index (χ3n) is 1.90. The summed E-state index contributed by atoms with van der Waals surface area (Å²) in [6, 6.07) is 0. The molecule has 1 heterocycles. The van der Waals surface area contributed by atoms with Crippen LogP contribution in [-0.2, 0) is 0 Å². The van der Waals surface area contributed by atoms with E-state index in [9.17, 15) is 5.11 Å². The molecule has 1 nitrogen and oxygen atoms in total. The molecule has 2 heteroatoms. The van der Waals surface area contributed by atoms with Gasteiger partial charge in [-0.3, -0.25) is 0 Å². The minimum atomic E-state index is -0.0701. The highest BCUT2D eigenvalue weighted by Crippen LogP contribution is 2.25. The highest BCUT2D eigenvalue weighted by atomic mass is 32.2. The van der Waals surface area contributed by atoms with Gasteiger partial charge in [0.2, 0.25) is 0 Å². The van der Waals surface area contributed by atoms with Crippen molar-refractivity contribution in [1.82, 2.24) is 0 Å². The zero-order valence-corrected chi connectivity index (χ0v) is 6.94. The molecular formula is C8H14OS. The summed E-state index contributed by atoms with van der Waals surface area (Å²) in [5, 5.41) is 9.44. The molecule has 0 spiro atoms. The van der Waals surface area contributed by atoms with E-state index in [2.05, 4.69) is 6.58 Å². The van der Waals surface area contributed by atoms with Gasteiger partial charge in [-0.05, 0) is 30.3 Å². The first-order chi connectivity index (χ1) is 4.84. The number of aliphatic hydroxyl groups is 1. The standard InChI is InChI=1S/C8H14OS/c1-2-3-7-6-10-5-4-8(7)9/h2,7-9H,1,3-6H2. The van der Waals surface area contributed by atoms with E-state index in [0.29, 0.717) is 5.92 Å². The second-order valence-electron chi connectivity index (χ2n) is 2.72. The Morgan fingerprint density at radius 3 is 3.10 bits per heavy atom. The van der Waals surface area contributed by atoms with Crippen molar-refractivity contribution < 1.29 is 5.11 Å². The largest absolute Gasteiger partial charge is 0.393 e. The van der Waals surface area contributed by atoms with Crippen LogP contribution in [0.4, 0.5) is 0 Å². The van der Waals surface area contributed by atoms with Gasteiger partial charge in [-0.1, -0.05) is 6.08 Å². The molecule has 1 aliphatic rings. The van der Waals surface area contributed by atoms with Crippen LogP contribution in [0.25, 0.3) is 0 Å². The molecule has 1 aliphatic heterocycles. The molecule has 0 aliphatic carbocycles. The van der Waals surface area contributed by atoms with Crippen LogP contribution in [0.15, 0.2) is 12.7 Å². The Balaban J connectivity index is 2.32. The fourth-order valence-corrected chi connectivity index (χ4v) is 2.46. The van der Waals surface area contributed by atoms with E-state index in [4.69, 9.17) is 0 Å². The molecular weight excluding hydrogens is 144 g/mol. The zero-order chi connectivity index (χ0) is 7.40. The van der Waals surface area contributed by atoms with E-state index >= 15 is 0 Å². The Hall–Kier alpha value is 0.0500. The second kappa shape index (κ2) is 4.04. The minimum absolute atomic E-state index is 0.0701. The topological polar surface area (TPSA) is 20.2 Å². The van der Waals surface area contributed by atoms with Crippen LogP contribution < -0.4 is 0 Å². The summed E-state index contributed by atoms with van der Waals surface area (Å²) in [6.45, 7) is 3.67. The maximum Gasteiger partial charge on any atom is 0.0587 e. The van der Waals surface area contributed by atoms with Gasteiger partial charge in [0, 0.05) is 0 Å². The van der Waals surface area contributed by atoms with Crippen molar-refractivity contribution >= 4 is 11.8 Å². The van der Waals surface area contributed by atoms with Crippen LogP contribution >= 0.6 is 11.8 Å². The molecule has 1 fully saturated rings. The lowest BCUT2D eigenvalue weighted by Gasteiger charge is -2.25. The molecule has 0 radical (unpaired) electrons. The monoisotopic (exact) mass is 158 g/mol. The predicted octanol–water partition coefficient (Wildman–Crippen LogP) is 1.68. The first-order valence-electron chi connectivity index (χ1n) is 3.71. The zero-order valence-electron chi connectivity index (χ0n) is 6.12. The van der Waals surface area contributed by atoms with Crippen LogP contribution in [0.5, 0.6) is 0 Å². The summed E-state index contributed by atoms with van der Waals surface area (Å²) < 4.78 is 0. The summed E-state index contributed by atoms with van der Waals surface area (Å²) in [4.78, 5) is 0. The van der Waals surface area contributed by atoms with E-state index in [0.717, 1.165) is 24.3 Å². The first kappa shape index (κ1) is 8.15. The van der Waals surface area contributed by atoms with E-state index in [-0.39, 0.29) is 6.10 Å². The van der Waals surface area contributed by atoms with E-state index in [1.165, 1.54) is 0 Å². The fourth-order valence-electron chi connectivity index (χ4n) is 1.22. The van der Waals surface area contributed by atoms with E-state index in [1.807, 2.05) is 17.8 Å². The molecule has 0 bridgehead atoms. The Morgan fingerprint density at radius 1 is 1.70 bits per heavy atom. The maximum atomic E-state index is 9.44. The normalized spacial score (nSPS) is 33.7. The smallest absolute Gasteiger partial charge is 0.0587 e. The molecule has 2 unspecified atom stereocenters. The fraction of sp³-hybridized carbons (Fsp3) is 0.750. The molecule has 1 N–H and O–H groups in total. The number of hydrogen-bond donors (Lipinski definition) is 1. The van der Waals surface area contributed by atoms with Crippen LogP contribution in [-0.4, -0.2) is 22.7 Å². The van der Waals surface area contributed by atoms with Gasteiger partial charge in [-0.15, -0.1) is 6.58 Å². The lowest BCUT2D eigenvalue weighted by atomic mass is 9.98. The van der Waals surface area contributed by atoms with Crippen molar-refractivity contribution in [2.75, 3.05) is 11.5 Å². The van der Waals surface area contributed by atoms with Gasteiger partial charge in [0.15, 0.2) is 0 Å². The van der Waals surface area contributed by atoms with Gasteiger partial charge in [-0.25, -0.2) is 0 Å². The summed E-state index contributed by atoms with van der Waals surface area (Å²) in [5.41, 5.74) is 0. The third kappa shape index (κ3) is 2.03. The average Bonchev–Trinajstić information content (AvgIpc) is 1.94. The highest BCUT2D eigenvalue weighted by molar-refractivity contribution is 7.99. The van der Waals surface area contributed by atoms with Gasteiger partial charge < -0.3 is 5.11 Å². The van der Waals surface area contributed by atoms with Crippen LogP contribution in [0.1, 0.15) is 12.8 Å². The second-order valence-corrected chi connectivity index (χ2v) is 3.87. The summed E-state index contributed by atoms with van der Waals surface area (Å²) in [6.07, 6.45) is 3.76.